The van der Waals surface area contributed by atoms with Crippen LogP contribution in [-0.4, -0.2) is 80.8 Å². The second kappa shape index (κ2) is 10.5. The Balaban J connectivity index is 1.23. The Kier molecular flexibility index (Phi) is 6.71. The van der Waals surface area contributed by atoms with Crippen molar-refractivity contribution >= 4 is 57.3 Å². The fraction of sp³-hybridized carbons (Fsp3) is 0.300. The van der Waals surface area contributed by atoms with E-state index >= 15 is 0 Å². The standard InChI is InChI=1S/C30H28N5O10P/c36-10-18-17(45-46(41,42)43)9-19(44-18)35-11-31-24-28(35)33-30(34-29(24)40)32-23-22-15-7-6-13-3-1-2-12-4-5-14(21(15)20(12)13)8-16(22)25(37)27(39)26(23)38/h1-8,11,17-19,23,25-27,36-39H,9-10H2,(H2,41,42,43)(H2,32,33,34,40)/t17-,18+,19+,23-,25+,26+,27-/m0/s1. The normalized spacial score (nSPS) is 26.9. The highest BCUT2D eigenvalue weighted by Gasteiger charge is 2.43. The number of nitrogens with zero attached hydrogens (tertiary/aromatic N) is 3. The van der Waals surface area contributed by atoms with E-state index in [0.717, 1.165) is 32.3 Å². The highest BCUT2D eigenvalue weighted by atomic mass is 31.2. The summed E-state index contributed by atoms with van der Waals surface area (Å²) >= 11 is 0. The largest absolute Gasteiger partial charge is 0.469 e. The van der Waals surface area contributed by atoms with E-state index in [9.17, 15) is 39.6 Å². The number of H-pyrrole nitrogens is 1. The zero-order valence-electron chi connectivity index (χ0n) is 23.8. The molecule has 3 heterocycles. The number of phosphoric acid groups is 1. The van der Waals surface area contributed by atoms with Crippen LogP contribution in [0.25, 0.3) is 43.5 Å². The molecule has 1 aliphatic heterocycles. The Morgan fingerprint density at radius 3 is 2.52 bits per heavy atom. The van der Waals surface area contributed by atoms with Crippen molar-refractivity contribution in [3.63, 3.8) is 0 Å². The van der Waals surface area contributed by atoms with Crippen molar-refractivity contribution < 1.29 is 44.0 Å². The molecule has 1 aliphatic carbocycles. The van der Waals surface area contributed by atoms with Crippen LogP contribution in [0.15, 0.2) is 59.7 Å². The minimum atomic E-state index is -4.89. The van der Waals surface area contributed by atoms with Gasteiger partial charge in [0.15, 0.2) is 11.2 Å². The highest BCUT2D eigenvalue weighted by molar-refractivity contribution is 7.46. The highest BCUT2D eigenvalue weighted by Crippen LogP contribution is 2.47. The molecule has 0 radical (unpaired) electrons. The fourth-order valence-electron chi connectivity index (χ4n) is 7.02. The summed E-state index contributed by atoms with van der Waals surface area (Å²) in [5.41, 5.74) is 0.311. The van der Waals surface area contributed by atoms with E-state index in [1.54, 1.807) is 6.07 Å². The van der Waals surface area contributed by atoms with E-state index in [1.807, 2.05) is 42.5 Å². The summed E-state index contributed by atoms with van der Waals surface area (Å²) in [4.78, 5) is 43.0. The first kappa shape index (κ1) is 29.4. The van der Waals surface area contributed by atoms with E-state index < -0.39 is 62.8 Å². The number of benzene rings is 4. The van der Waals surface area contributed by atoms with Gasteiger partial charge in [0.25, 0.3) is 5.56 Å². The number of aliphatic hydroxyl groups excluding tert-OH is 4. The molecule has 16 heteroatoms. The lowest BCUT2D eigenvalue weighted by atomic mass is 9.77. The lowest BCUT2D eigenvalue weighted by Gasteiger charge is -2.38. The van der Waals surface area contributed by atoms with Crippen LogP contribution in [0.2, 0.25) is 0 Å². The molecule has 238 valence electrons. The lowest BCUT2D eigenvalue weighted by Crippen LogP contribution is -2.44. The predicted molar refractivity (Wildman–Crippen MR) is 164 cm³/mol. The number of hydrogen-bond acceptors (Lipinski definition) is 11. The van der Waals surface area contributed by atoms with Crippen molar-refractivity contribution in [3.8, 4) is 0 Å². The Morgan fingerprint density at radius 2 is 1.78 bits per heavy atom. The number of rotatable bonds is 6. The van der Waals surface area contributed by atoms with Gasteiger partial charge in [0, 0.05) is 6.42 Å². The number of aliphatic hydroxyl groups is 4. The van der Waals surface area contributed by atoms with Crippen molar-refractivity contribution in [1.29, 1.82) is 0 Å². The van der Waals surface area contributed by atoms with Gasteiger partial charge in [-0.1, -0.05) is 42.5 Å². The quantitative estimate of drug-likeness (QED) is 0.0949. The molecule has 46 heavy (non-hydrogen) atoms. The molecular weight excluding hydrogens is 621 g/mol. The molecule has 8 N–H and O–H groups in total. The third kappa shape index (κ3) is 4.52. The number of nitrogens with one attached hydrogen (secondary N) is 2. The lowest BCUT2D eigenvalue weighted by molar-refractivity contribution is -0.0767. The monoisotopic (exact) mass is 649 g/mol. The first-order valence-electron chi connectivity index (χ1n) is 14.5. The maximum atomic E-state index is 13.2. The van der Waals surface area contributed by atoms with Gasteiger partial charge in [0.05, 0.1) is 19.0 Å². The molecule has 0 unspecified atom stereocenters. The molecule has 2 aromatic heterocycles. The Hall–Kier alpha value is -4.02. The predicted octanol–water partition coefficient (Wildman–Crippen LogP) is 1.70. The molecule has 0 bridgehead atoms. The van der Waals surface area contributed by atoms with Gasteiger partial charge in [0.1, 0.15) is 36.7 Å². The molecule has 4 aromatic carbocycles. The van der Waals surface area contributed by atoms with Crippen LogP contribution < -0.4 is 10.9 Å². The maximum Gasteiger partial charge on any atom is 0.469 e. The molecule has 7 atom stereocenters. The summed E-state index contributed by atoms with van der Waals surface area (Å²) in [7, 11) is -4.89. The molecule has 0 spiro atoms. The molecule has 1 saturated heterocycles. The number of aromatic amines is 1. The number of phosphoric ester groups is 1. The first-order chi connectivity index (χ1) is 22.0. The van der Waals surface area contributed by atoms with Crippen molar-refractivity contribution in [2.24, 2.45) is 0 Å². The first-order valence-corrected chi connectivity index (χ1v) is 16.0. The Bertz CT molecular complexity index is 2240. The summed E-state index contributed by atoms with van der Waals surface area (Å²) in [6, 6.07) is 14.6. The zero-order chi connectivity index (χ0) is 32.1. The van der Waals surface area contributed by atoms with Gasteiger partial charge >= 0.3 is 7.82 Å². The summed E-state index contributed by atoms with van der Waals surface area (Å²) in [5, 5.41) is 51.7. The van der Waals surface area contributed by atoms with Crippen molar-refractivity contribution in [2.75, 3.05) is 11.9 Å². The second-order valence-corrected chi connectivity index (χ2v) is 12.9. The third-order valence-corrected chi connectivity index (χ3v) is 9.58. The minimum Gasteiger partial charge on any atom is -0.394 e. The summed E-state index contributed by atoms with van der Waals surface area (Å²) in [5.74, 6) is -0.0803. The third-order valence-electron chi connectivity index (χ3n) is 9.03. The van der Waals surface area contributed by atoms with Crippen molar-refractivity contribution in [3.05, 3.63) is 76.3 Å². The van der Waals surface area contributed by atoms with Crippen LogP contribution in [-0.2, 0) is 13.8 Å². The maximum absolute atomic E-state index is 13.2. The van der Waals surface area contributed by atoms with Gasteiger partial charge in [-0.05, 0) is 49.5 Å². The molecule has 0 amide bonds. The van der Waals surface area contributed by atoms with Gasteiger partial charge in [-0.3, -0.25) is 18.9 Å². The van der Waals surface area contributed by atoms with Gasteiger partial charge in [0.2, 0.25) is 5.95 Å². The molecular formula is C30H28N5O10P. The van der Waals surface area contributed by atoms with Crippen LogP contribution in [0.1, 0.15) is 35.9 Å². The smallest absolute Gasteiger partial charge is 0.394 e. The second-order valence-electron chi connectivity index (χ2n) is 11.7. The number of hydrogen-bond donors (Lipinski definition) is 8. The number of aromatic nitrogens is 4. The van der Waals surface area contributed by atoms with Gasteiger partial charge < -0.3 is 40.3 Å². The van der Waals surface area contributed by atoms with Crippen molar-refractivity contribution in [2.45, 2.75) is 49.2 Å². The van der Waals surface area contributed by atoms with Gasteiger partial charge in [-0.15, -0.1) is 0 Å². The average Bonchev–Trinajstić information content (AvgIpc) is 3.63. The van der Waals surface area contributed by atoms with Crippen molar-refractivity contribution in [1.82, 2.24) is 19.5 Å². The summed E-state index contributed by atoms with van der Waals surface area (Å²) in [6.45, 7) is -0.579. The Labute approximate surface area is 258 Å². The molecule has 6 aromatic rings. The Morgan fingerprint density at radius 1 is 1.04 bits per heavy atom. The molecule has 2 aliphatic rings. The number of fused-ring (bicyclic) bond motifs is 3. The van der Waals surface area contributed by atoms with E-state index in [1.165, 1.54) is 10.9 Å². The average molecular weight is 650 g/mol. The molecule has 8 rings (SSSR count). The van der Waals surface area contributed by atoms with E-state index in [4.69, 9.17) is 9.26 Å². The molecule has 15 nitrogen and oxygen atoms in total. The van der Waals surface area contributed by atoms with E-state index in [2.05, 4.69) is 20.3 Å². The van der Waals surface area contributed by atoms with E-state index in [0.29, 0.717) is 11.1 Å². The number of imidazole rings is 1. The minimum absolute atomic E-state index is 0.0475. The summed E-state index contributed by atoms with van der Waals surface area (Å²) in [6.07, 6.45) is -6.42. The molecule has 1 fully saturated rings. The van der Waals surface area contributed by atoms with Crippen LogP contribution in [0, 0.1) is 0 Å². The summed E-state index contributed by atoms with van der Waals surface area (Å²) < 4.78 is 23.4. The SMILES string of the molecule is O=c1[nH]c(N[C@H]2c3c(cc4ccc5cccc6ccc3c4c56)[C@@H](O)[C@H](O)[C@@H]2O)nc2c1ncn2[C@H]1C[C@H](OP(=O)(O)O)[C@@H](CO)O1. The number of ether oxygens (including phenoxy) is 1. The van der Waals surface area contributed by atoms with Crippen LogP contribution in [0.5, 0.6) is 0 Å². The van der Waals surface area contributed by atoms with Gasteiger partial charge in [-0.25, -0.2) is 9.55 Å². The van der Waals surface area contributed by atoms with Crippen LogP contribution in [0.3, 0.4) is 0 Å². The van der Waals surface area contributed by atoms with Gasteiger partial charge in [-0.2, -0.15) is 4.98 Å². The van der Waals surface area contributed by atoms with Crippen LogP contribution >= 0.6 is 7.82 Å². The number of anilines is 1. The molecule has 0 saturated carbocycles. The van der Waals surface area contributed by atoms with Crippen LogP contribution in [0.4, 0.5) is 5.95 Å². The fourth-order valence-corrected chi connectivity index (χ4v) is 7.59. The van der Waals surface area contributed by atoms with E-state index in [-0.39, 0.29) is 23.5 Å². The topological polar surface area (TPSA) is 233 Å². The zero-order valence-corrected chi connectivity index (χ0v) is 24.7.